The first-order valence-electron chi connectivity index (χ1n) is 5.37. The molecular formula is C10H19N3O4. The van der Waals surface area contributed by atoms with Crippen molar-refractivity contribution >= 4 is 17.9 Å². The molecule has 0 fully saturated rings. The number of nitrogens with two attached hydrogens (primary N) is 1. The first-order chi connectivity index (χ1) is 7.79. The van der Waals surface area contributed by atoms with Crippen molar-refractivity contribution in [3.8, 4) is 0 Å². The summed E-state index contributed by atoms with van der Waals surface area (Å²) in [5.74, 6) is -2.05. The number of rotatable bonds is 6. The van der Waals surface area contributed by atoms with Crippen LogP contribution in [-0.2, 0) is 9.59 Å². The van der Waals surface area contributed by atoms with Gasteiger partial charge in [0.25, 0.3) is 0 Å². The van der Waals surface area contributed by atoms with Crippen LogP contribution in [-0.4, -0.2) is 46.5 Å². The Morgan fingerprint density at radius 2 is 1.88 bits per heavy atom. The van der Waals surface area contributed by atoms with E-state index in [4.69, 9.17) is 10.8 Å². The van der Waals surface area contributed by atoms with Crippen LogP contribution in [0.2, 0.25) is 0 Å². The van der Waals surface area contributed by atoms with Crippen molar-refractivity contribution in [3.05, 3.63) is 0 Å². The van der Waals surface area contributed by atoms with E-state index in [0.717, 1.165) is 0 Å². The molecule has 0 spiro atoms. The fourth-order valence-corrected chi connectivity index (χ4v) is 1.38. The fourth-order valence-electron chi connectivity index (χ4n) is 1.38. The Balaban J connectivity index is 4.59. The van der Waals surface area contributed by atoms with E-state index in [1.165, 1.54) is 4.90 Å². The van der Waals surface area contributed by atoms with E-state index in [0.29, 0.717) is 6.54 Å². The van der Waals surface area contributed by atoms with Gasteiger partial charge in [0.05, 0.1) is 6.42 Å². The van der Waals surface area contributed by atoms with Crippen LogP contribution in [0.3, 0.4) is 0 Å². The van der Waals surface area contributed by atoms with Gasteiger partial charge in [-0.1, -0.05) is 0 Å². The summed E-state index contributed by atoms with van der Waals surface area (Å²) >= 11 is 0. The Morgan fingerprint density at radius 3 is 2.18 bits per heavy atom. The van der Waals surface area contributed by atoms with E-state index >= 15 is 0 Å². The van der Waals surface area contributed by atoms with Gasteiger partial charge in [-0.05, 0) is 20.8 Å². The summed E-state index contributed by atoms with van der Waals surface area (Å²) in [6.07, 6.45) is -0.420. The first-order valence-corrected chi connectivity index (χ1v) is 5.37. The van der Waals surface area contributed by atoms with Gasteiger partial charge in [0.2, 0.25) is 5.91 Å². The van der Waals surface area contributed by atoms with Gasteiger partial charge in [0, 0.05) is 12.6 Å². The third-order valence-corrected chi connectivity index (χ3v) is 2.23. The summed E-state index contributed by atoms with van der Waals surface area (Å²) in [6, 6.07) is -1.85. The third kappa shape index (κ3) is 5.19. The van der Waals surface area contributed by atoms with E-state index in [1.807, 2.05) is 13.8 Å². The SMILES string of the molecule is CCN(C(=O)N[C@@H](CC(N)=O)C(=O)O)C(C)C. The molecule has 0 aliphatic heterocycles. The average molecular weight is 245 g/mol. The maximum absolute atomic E-state index is 11.7. The number of aliphatic carboxylic acids is 1. The molecule has 0 aromatic carbocycles. The number of carbonyl (C=O) groups excluding carboxylic acids is 2. The Kier molecular flexibility index (Phi) is 6.01. The molecule has 17 heavy (non-hydrogen) atoms. The van der Waals surface area contributed by atoms with Gasteiger partial charge in [-0.15, -0.1) is 0 Å². The van der Waals surface area contributed by atoms with Crippen LogP contribution in [0.25, 0.3) is 0 Å². The van der Waals surface area contributed by atoms with Gasteiger partial charge >= 0.3 is 12.0 Å². The summed E-state index contributed by atoms with van der Waals surface area (Å²) in [5, 5.41) is 11.1. The number of urea groups is 1. The van der Waals surface area contributed by atoms with E-state index in [-0.39, 0.29) is 6.04 Å². The van der Waals surface area contributed by atoms with Gasteiger partial charge in [-0.3, -0.25) is 4.79 Å². The molecule has 0 bridgehead atoms. The maximum Gasteiger partial charge on any atom is 0.326 e. The molecule has 0 radical (unpaired) electrons. The Labute approximate surface area is 100.0 Å². The highest BCUT2D eigenvalue weighted by Crippen LogP contribution is 2.00. The molecule has 0 aliphatic carbocycles. The zero-order chi connectivity index (χ0) is 13.6. The van der Waals surface area contributed by atoms with Crippen LogP contribution in [0, 0.1) is 0 Å². The first kappa shape index (κ1) is 15.2. The highest BCUT2D eigenvalue weighted by Gasteiger charge is 2.25. The van der Waals surface area contributed by atoms with Crippen molar-refractivity contribution in [1.82, 2.24) is 10.2 Å². The molecule has 0 aromatic heterocycles. The topological polar surface area (TPSA) is 113 Å². The summed E-state index contributed by atoms with van der Waals surface area (Å²) in [4.78, 5) is 34.6. The second kappa shape index (κ2) is 6.72. The Morgan fingerprint density at radius 1 is 1.35 bits per heavy atom. The number of carboxylic acid groups (broad SMARTS) is 1. The largest absolute Gasteiger partial charge is 0.480 e. The number of carbonyl (C=O) groups is 3. The highest BCUT2D eigenvalue weighted by atomic mass is 16.4. The molecule has 98 valence electrons. The summed E-state index contributed by atoms with van der Waals surface area (Å²) in [6.45, 7) is 5.86. The molecular weight excluding hydrogens is 226 g/mol. The van der Waals surface area contributed by atoms with Gasteiger partial charge in [-0.25, -0.2) is 9.59 Å². The van der Waals surface area contributed by atoms with Crippen molar-refractivity contribution in [1.29, 1.82) is 0 Å². The fraction of sp³-hybridized carbons (Fsp3) is 0.700. The molecule has 3 amide bonds. The van der Waals surface area contributed by atoms with E-state index in [9.17, 15) is 14.4 Å². The molecule has 0 saturated heterocycles. The zero-order valence-corrected chi connectivity index (χ0v) is 10.3. The molecule has 0 heterocycles. The Bertz CT molecular complexity index is 304. The van der Waals surface area contributed by atoms with Crippen molar-refractivity contribution < 1.29 is 19.5 Å². The molecule has 7 nitrogen and oxygen atoms in total. The van der Waals surface area contributed by atoms with E-state index < -0.39 is 30.4 Å². The predicted octanol–water partition coefficient (Wildman–Crippen LogP) is -0.245. The maximum atomic E-state index is 11.7. The van der Waals surface area contributed by atoms with Crippen molar-refractivity contribution in [3.63, 3.8) is 0 Å². The summed E-state index contributed by atoms with van der Waals surface area (Å²) in [5.41, 5.74) is 4.91. The minimum atomic E-state index is -1.28. The van der Waals surface area contributed by atoms with Gasteiger partial charge in [0.15, 0.2) is 0 Å². The van der Waals surface area contributed by atoms with Crippen LogP contribution in [0.15, 0.2) is 0 Å². The molecule has 4 N–H and O–H groups in total. The van der Waals surface area contributed by atoms with Gasteiger partial charge in [-0.2, -0.15) is 0 Å². The lowest BCUT2D eigenvalue weighted by atomic mass is 10.2. The van der Waals surface area contributed by atoms with E-state index in [1.54, 1.807) is 6.92 Å². The molecule has 0 aliphatic rings. The number of carboxylic acids is 1. The lowest BCUT2D eigenvalue weighted by Crippen LogP contribution is -2.51. The quantitative estimate of drug-likeness (QED) is 0.599. The smallest absolute Gasteiger partial charge is 0.326 e. The molecule has 0 saturated carbocycles. The van der Waals surface area contributed by atoms with Crippen LogP contribution in [0.1, 0.15) is 27.2 Å². The van der Waals surface area contributed by atoms with Crippen LogP contribution < -0.4 is 11.1 Å². The Hall–Kier alpha value is -1.79. The highest BCUT2D eigenvalue weighted by molar-refractivity contribution is 5.87. The van der Waals surface area contributed by atoms with E-state index in [2.05, 4.69) is 5.32 Å². The molecule has 7 heteroatoms. The monoisotopic (exact) mass is 245 g/mol. The number of hydrogen-bond acceptors (Lipinski definition) is 3. The van der Waals surface area contributed by atoms with Crippen LogP contribution >= 0.6 is 0 Å². The molecule has 0 unspecified atom stereocenters. The zero-order valence-electron chi connectivity index (χ0n) is 10.3. The lowest BCUT2D eigenvalue weighted by molar-refractivity contribution is -0.141. The number of nitrogens with one attached hydrogen (secondary N) is 1. The number of primary amides is 1. The van der Waals surface area contributed by atoms with Crippen LogP contribution in [0.5, 0.6) is 0 Å². The van der Waals surface area contributed by atoms with Crippen molar-refractivity contribution in [2.45, 2.75) is 39.3 Å². The number of hydrogen-bond donors (Lipinski definition) is 3. The second-order valence-electron chi connectivity index (χ2n) is 3.89. The minimum absolute atomic E-state index is 0.0528. The molecule has 0 rings (SSSR count). The second-order valence-corrected chi connectivity index (χ2v) is 3.89. The number of nitrogens with zero attached hydrogens (tertiary/aromatic N) is 1. The molecule has 0 aromatic rings. The third-order valence-electron chi connectivity index (χ3n) is 2.23. The van der Waals surface area contributed by atoms with Crippen molar-refractivity contribution in [2.75, 3.05) is 6.54 Å². The number of amides is 3. The minimum Gasteiger partial charge on any atom is -0.480 e. The molecule has 1 atom stereocenters. The van der Waals surface area contributed by atoms with Gasteiger partial charge < -0.3 is 21.1 Å². The predicted molar refractivity (Wildman–Crippen MR) is 61.3 cm³/mol. The van der Waals surface area contributed by atoms with Crippen molar-refractivity contribution in [2.24, 2.45) is 5.73 Å². The summed E-state index contributed by atoms with van der Waals surface area (Å²) in [7, 11) is 0. The lowest BCUT2D eigenvalue weighted by Gasteiger charge is -2.26. The average Bonchev–Trinajstić information content (AvgIpc) is 2.15. The normalized spacial score (nSPS) is 12.0. The van der Waals surface area contributed by atoms with Crippen LogP contribution in [0.4, 0.5) is 4.79 Å². The summed E-state index contributed by atoms with van der Waals surface area (Å²) < 4.78 is 0. The van der Waals surface area contributed by atoms with Gasteiger partial charge in [0.1, 0.15) is 6.04 Å². The standard InChI is InChI=1S/C10H19N3O4/c1-4-13(6(2)3)10(17)12-7(9(15)16)5-8(11)14/h6-7H,4-5H2,1-3H3,(H2,11,14)(H,12,17)(H,15,16)/t7-/m0/s1.